The number of nitrogens with zero attached hydrogens (tertiary/aromatic N) is 2. The maximum absolute atomic E-state index is 5.82. The molecule has 0 aliphatic carbocycles. The highest BCUT2D eigenvalue weighted by Crippen LogP contribution is 2.14. The molecule has 0 saturated carbocycles. The third kappa shape index (κ3) is 3.05. The van der Waals surface area contributed by atoms with Gasteiger partial charge in [-0.25, -0.2) is 0 Å². The van der Waals surface area contributed by atoms with Crippen LogP contribution in [0.15, 0.2) is 28.8 Å². The Bertz CT molecular complexity index is 481. The topological polar surface area (TPSA) is 51.0 Å². The Hall–Kier alpha value is -1.39. The zero-order valence-corrected chi connectivity index (χ0v) is 10.5. The summed E-state index contributed by atoms with van der Waals surface area (Å²) < 4.78 is 5.16. The minimum Gasteiger partial charge on any atom is -0.338 e. The molecule has 1 aromatic carbocycles. The molecule has 0 spiro atoms. The number of aromatic nitrogens is 2. The SMILES string of the molecule is CNC(C)c1nc(Cc2ccc(Cl)cc2)no1. The third-order valence-corrected chi connectivity index (χ3v) is 2.81. The summed E-state index contributed by atoms with van der Waals surface area (Å²) in [6.07, 6.45) is 0.650. The molecule has 1 unspecified atom stereocenters. The van der Waals surface area contributed by atoms with E-state index in [0.29, 0.717) is 18.1 Å². The fourth-order valence-corrected chi connectivity index (χ4v) is 1.55. The van der Waals surface area contributed by atoms with Gasteiger partial charge in [-0.3, -0.25) is 0 Å². The molecule has 2 aromatic rings. The van der Waals surface area contributed by atoms with Crippen molar-refractivity contribution in [3.63, 3.8) is 0 Å². The molecule has 4 nitrogen and oxygen atoms in total. The molecule has 1 N–H and O–H groups in total. The normalized spacial score (nSPS) is 12.6. The van der Waals surface area contributed by atoms with Crippen LogP contribution in [0, 0.1) is 0 Å². The highest BCUT2D eigenvalue weighted by Gasteiger charge is 2.12. The number of nitrogens with one attached hydrogen (secondary N) is 1. The van der Waals surface area contributed by atoms with Gasteiger partial charge in [-0.15, -0.1) is 0 Å². The monoisotopic (exact) mass is 251 g/mol. The second-order valence-corrected chi connectivity index (χ2v) is 4.30. The van der Waals surface area contributed by atoms with Crippen molar-refractivity contribution in [3.8, 4) is 0 Å². The maximum Gasteiger partial charge on any atom is 0.243 e. The standard InChI is InChI=1S/C12H14ClN3O/c1-8(14-2)12-15-11(16-17-12)7-9-3-5-10(13)6-4-9/h3-6,8,14H,7H2,1-2H3. The predicted molar refractivity (Wildman–Crippen MR) is 66.0 cm³/mol. The van der Waals surface area contributed by atoms with E-state index >= 15 is 0 Å². The molecule has 1 aromatic heterocycles. The first-order valence-electron chi connectivity index (χ1n) is 5.43. The van der Waals surface area contributed by atoms with Gasteiger partial charge in [-0.2, -0.15) is 4.98 Å². The van der Waals surface area contributed by atoms with Crippen molar-refractivity contribution < 1.29 is 4.52 Å². The largest absolute Gasteiger partial charge is 0.338 e. The first-order valence-corrected chi connectivity index (χ1v) is 5.81. The fraction of sp³-hybridized carbons (Fsp3) is 0.333. The summed E-state index contributed by atoms with van der Waals surface area (Å²) in [4.78, 5) is 4.33. The molecule has 0 radical (unpaired) electrons. The van der Waals surface area contributed by atoms with Crippen LogP contribution in [0.1, 0.15) is 30.2 Å². The summed E-state index contributed by atoms with van der Waals surface area (Å²) in [5, 5.41) is 7.72. The molecule has 17 heavy (non-hydrogen) atoms. The Labute approximate surface area is 105 Å². The van der Waals surface area contributed by atoms with E-state index in [2.05, 4.69) is 15.5 Å². The molecule has 0 aliphatic rings. The molecule has 90 valence electrons. The summed E-state index contributed by atoms with van der Waals surface area (Å²) >= 11 is 5.82. The summed E-state index contributed by atoms with van der Waals surface area (Å²) in [5.41, 5.74) is 1.11. The van der Waals surface area contributed by atoms with E-state index in [-0.39, 0.29) is 6.04 Å². The van der Waals surface area contributed by atoms with E-state index in [1.165, 1.54) is 0 Å². The van der Waals surface area contributed by atoms with Gasteiger partial charge in [0.25, 0.3) is 0 Å². The average molecular weight is 252 g/mol. The number of hydrogen-bond donors (Lipinski definition) is 1. The Balaban J connectivity index is 2.08. The first kappa shape index (κ1) is 12.1. The van der Waals surface area contributed by atoms with Crippen molar-refractivity contribution in [3.05, 3.63) is 46.6 Å². The minimum absolute atomic E-state index is 0.0708. The molecule has 5 heteroatoms. The lowest BCUT2D eigenvalue weighted by Crippen LogP contribution is -2.12. The van der Waals surface area contributed by atoms with Crippen molar-refractivity contribution in [1.82, 2.24) is 15.5 Å². The van der Waals surface area contributed by atoms with Crippen molar-refractivity contribution in [1.29, 1.82) is 0 Å². The van der Waals surface area contributed by atoms with Gasteiger partial charge >= 0.3 is 0 Å². The van der Waals surface area contributed by atoms with Gasteiger partial charge in [0.05, 0.1) is 6.04 Å². The highest BCUT2D eigenvalue weighted by atomic mass is 35.5. The lowest BCUT2D eigenvalue weighted by atomic mass is 10.1. The van der Waals surface area contributed by atoms with Crippen LogP contribution >= 0.6 is 11.6 Å². The van der Waals surface area contributed by atoms with Crippen LogP contribution in [0.2, 0.25) is 5.02 Å². The van der Waals surface area contributed by atoms with Crippen LogP contribution < -0.4 is 5.32 Å². The molecule has 1 heterocycles. The van der Waals surface area contributed by atoms with Crippen molar-refractivity contribution in [2.45, 2.75) is 19.4 Å². The van der Waals surface area contributed by atoms with Gasteiger partial charge in [-0.05, 0) is 31.7 Å². The van der Waals surface area contributed by atoms with E-state index in [4.69, 9.17) is 16.1 Å². The fourth-order valence-electron chi connectivity index (χ4n) is 1.42. The second kappa shape index (κ2) is 5.29. The van der Waals surface area contributed by atoms with Gasteiger partial charge in [0, 0.05) is 11.4 Å². The smallest absolute Gasteiger partial charge is 0.243 e. The van der Waals surface area contributed by atoms with Crippen LogP contribution in [-0.4, -0.2) is 17.2 Å². The molecule has 0 fully saturated rings. The molecular formula is C12H14ClN3O. The minimum atomic E-state index is 0.0708. The van der Waals surface area contributed by atoms with Gasteiger partial charge in [0.2, 0.25) is 5.89 Å². The van der Waals surface area contributed by atoms with Gasteiger partial charge in [-0.1, -0.05) is 28.9 Å². The van der Waals surface area contributed by atoms with Crippen LogP contribution in [0.5, 0.6) is 0 Å². The second-order valence-electron chi connectivity index (χ2n) is 3.86. The summed E-state index contributed by atoms with van der Waals surface area (Å²) in [6.45, 7) is 1.97. The Kier molecular flexibility index (Phi) is 3.76. The quantitative estimate of drug-likeness (QED) is 0.908. The van der Waals surface area contributed by atoms with E-state index in [1.54, 1.807) is 0 Å². The highest BCUT2D eigenvalue weighted by molar-refractivity contribution is 6.30. The first-order chi connectivity index (χ1) is 8.19. The van der Waals surface area contributed by atoms with E-state index in [9.17, 15) is 0 Å². The van der Waals surface area contributed by atoms with E-state index < -0.39 is 0 Å². The number of halogens is 1. The molecule has 2 rings (SSSR count). The average Bonchev–Trinajstić information content (AvgIpc) is 2.80. The van der Waals surface area contributed by atoms with Gasteiger partial charge in [0.15, 0.2) is 5.82 Å². The van der Waals surface area contributed by atoms with Gasteiger partial charge in [0.1, 0.15) is 0 Å². The predicted octanol–water partition coefficient (Wildman–Crippen LogP) is 2.59. The summed E-state index contributed by atoms with van der Waals surface area (Å²) in [7, 11) is 1.85. The number of hydrogen-bond acceptors (Lipinski definition) is 4. The van der Waals surface area contributed by atoms with Crippen molar-refractivity contribution in [2.24, 2.45) is 0 Å². The van der Waals surface area contributed by atoms with E-state index in [1.807, 2.05) is 38.2 Å². The Morgan fingerprint density at radius 1 is 1.35 bits per heavy atom. The Morgan fingerprint density at radius 3 is 2.71 bits per heavy atom. The zero-order valence-electron chi connectivity index (χ0n) is 9.77. The molecule has 1 atom stereocenters. The maximum atomic E-state index is 5.82. The Morgan fingerprint density at radius 2 is 2.06 bits per heavy atom. The number of rotatable bonds is 4. The van der Waals surface area contributed by atoms with Crippen LogP contribution in [-0.2, 0) is 6.42 Å². The molecular weight excluding hydrogens is 238 g/mol. The van der Waals surface area contributed by atoms with E-state index in [0.717, 1.165) is 10.6 Å². The number of benzene rings is 1. The summed E-state index contributed by atoms with van der Waals surface area (Å²) in [5.74, 6) is 1.29. The molecule has 0 amide bonds. The zero-order chi connectivity index (χ0) is 12.3. The van der Waals surface area contributed by atoms with Gasteiger partial charge < -0.3 is 9.84 Å². The molecule has 0 bridgehead atoms. The van der Waals surface area contributed by atoms with Crippen LogP contribution in [0.25, 0.3) is 0 Å². The van der Waals surface area contributed by atoms with Crippen molar-refractivity contribution in [2.75, 3.05) is 7.05 Å². The lowest BCUT2D eigenvalue weighted by molar-refractivity contribution is 0.344. The lowest BCUT2D eigenvalue weighted by Gasteiger charge is -2.01. The summed E-state index contributed by atoms with van der Waals surface area (Å²) in [6, 6.07) is 7.70. The van der Waals surface area contributed by atoms with Crippen LogP contribution in [0.3, 0.4) is 0 Å². The molecule has 0 saturated heterocycles. The van der Waals surface area contributed by atoms with Crippen LogP contribution in [0.4, 0.5) is 0 Å². The van der Waals surface area contributed by atoms with Crippen molar-refractivity contribution >= 4 is 11.6 Å². The molecule has 0 aliphatic heterocycles. The third-order valence-electron chi connectivity index (χ3n) is 2.56.